The van der Waals surface area contributed by atoms with Crippen molar-refractivity contribution in [2.45, 2.75) is 116 Å². The number of carboxylic acid groups (broad SMARTS) is 1. The van der Waals surface area contributed by atoms with Crippen LogP contribution in [0.15, 0.2) is 72.8 Å². The SMILES string of the molecule is CC(C)C[C@@H](/C=C/[C@@H](Cc1ccccc1)C(=O)N1CCC[C@H]1NC(=O)[C@H](C(=O)N[C@@H](CCCNC(=O)OCc1ccccc1)C(=O)O)C1CC1)NC(=O)OC(C)(C)C. The third-order valence-corrected chi connectivity index (χ3v) is 9.89. The Morgan fingerprint density at radius 1 is 0.862 bits per heavy atom. The molecule has 0 bridgehead atoms. The number of ether oxygens (including phenoxy) is 2. The Labute approximate surface area is 341 Å². The van der Waals surface area contributed by atoms with E-state index in [0.29, 0.717) is 45.1 Å². The van der Waals surface area contributed by atoms with E-state index in [1.165, 1.54) is 0 Å². The van der Waals surface area contributed by atoms with E-state index in [2.05, 4.69) is 21.3 Å². The number of nitrogens with one attached hydrogen (secondary N) is 4. The number of carboxylic acids is 1. The van der Waals surface area contributed by atoms with E-state index in [9.17, 15) is 33.9 Å². The molecule has 1 heterocycles. The number of carbonyl (C=O) groups is 6. The molecular formula is C44H61N5O9. The van der Waals surface area contributed by atoms with Crippen LogP contribution in [0.25, 0.3) is 0 Å². The molecule has 0 unspecified atom stereocenters. The van der Waals surface area contributed by atoms with Gasteiger partial charge in [-0.3, -0.25) is 14.4 Å². The fraction of sp³-hybridized carbons (Fsp3) is 0.545. The molecule has 5 amide bonds. The molecule has 14 nitrogen and oxygen atoms in total. The van der Waals surface area contributed by atoms with Crippen LogP contribution >= 0.6 is 0 Å². The van der Waals surface area contributed by atoms with E-state index >= 15 is 0 Å². The Balaban J connectivity index is 1.38. The number of likely N-dealkylation sites (tertiary alicyclic amines) is 1. The third kappa shape index (κ3) is 15.5. The van der Waals surface area contributed by atoms with E-state index in [0.717, 1.165) is 11.1 Å². The van der Waals surface area contributed by atoms with Gasteiger partial charge in [-0.1, -0.05) is 86.7 Å². The first-order chi connectivity index (χ1) is 27.6. The quantitative estimate of drug-likeness (QED) is 0.0634. The molecule has 316 valence electrons. The highest BCUT2D eigenvalue weighted by molar-refractivity contribution is 6.02. The number of amides is 5. The molecule has 5 N–H and O–H groups in total. The van der Waals surface area contributed by atoms with Gasteiger partial charge in [0, 0.05) is 13.1 Å². The number of hydrogen-bond acceptors (Lipinski definition) is 8. The van der Waals surface area contributed by atoms with Gasteiger partial charge in [0.2, 0.25) is 17.7 Å². The van der Waals surface area contributed by atoms with Crippen LogP contribution in [0.1, 0.15) is 90.7 Å². The Bertz CT molecular complexity index is 1710. The van der Waals surface area contributed by atoms with Crippen LogP contribution in [0.3, 0.4) is 0 Å². The number of rotatable bonds is 20. The largest absolute Gasteiger partial charge is 0.480 e. The van der Waals surface area contributed by atoms with E-state index in [1.807, 2.05) is 86.7 Å². The summed E-state index contributed by atoms with van der Waals surface area (Å²) in [4.78, 5) is 80.4. The second-order valence-corrected chi connectivity index (χ2v) is 16.6. The van der Waals surface area contributed by atoms with Crippen molar-refractivity contribution in [2.24, 2.45) is 23.7 Å². The van der Waals surface area contributed by atoms with E-state index in [-0.39, 0.29) is 49.8 Å². The van der Waals surface area contributed by atoms with Crippen molar-refractivity contribution >= 4 is 35.9 Å². The van der Waals surface area contributed by atoms with Crippen LogP contribution in [0.2, 0.25) is 0 Å². The maximum Gasteiger partial charge on any atom is 0.408 e. The molecule has 2 aliphatic rings. The monoisotopic (exact) mass is 803 g/mol. The normalized spacial score (nSPS) is 17.5. The fourth-order valence-electron chi connectivity index (χ4n) is 6.94. The molecule has 2 aromatic rings. The zero-order chi connectivity index (χ0) is 42.2. The van der Waals surface area contributed by atoms with E-state index in [4.69, 9.17) is 9.47 Å². The highest BCUT2D eigenvalue weighted by Gasteiger charge is 2.44. The Morgan fingerprint density at radius 3 is 2.12 bits per heavy atom. The summed E-state index contributed by atoms with van der Waals surface area (Å²) < 4.78 is 10.7. The topological polar surface area (TPSA) is 192 Å². The van der Waals surface area contributed by atoms with Crippen molar-refractivity contribution in [3.63, 3.8) is 0 Å². The van der Waals surface area contributed by atoms with Crippen LogP contribution < -0.4 is 21.3 Å². The average Bonchev–Trinajstić information content (AvgIpc) is 3.88. The highest BCUT2D eigenvalue weighted by atomic mass is 16.6. The molecule has 4 rings (SSSR count). The van der Waals surface area contributed by atoms with Crippen LogP contribution in [0, 0.1) is 23.7 Å². The number of benzene rings is 2. The van der Waals surface area contributed by atoms with Gasteiger partial charge in [-0.2, -0.15) is 0 Å². The van der Waals surface area contributed by atoms with Crippen LogP contribution in [0.4, 0.5) is 9.59 Å². The number of alkyl carbamates (subject to hydrolysis) is 2. The van der Waals surface area contributed by atoms with Crippen LogP contribution in [-0.2, 0) is 41.7 Å². The molecule has 1 aliphatic heterocycles. The molecule has 1 saturated carbocycles. The summed E-state index contributed by atoms with van der Waals surface area (Å²) in [6, 6.07) is 17.1. The summed E-state index contributed by atoms with van der Waals surface area (Å²) >= 11 is 0. The summed E-state index contributed by atoms with van der Waals surface area (Å²) in [6.45, 7) is 10.1. The smallest absolute Gasteiger partial charge is 0.408 e. The molecule has 0 radical (unpaired) electrons. The minimum Gasteiger partial charge on any atom is -0.480 e. The van der Waals surface area contributed by atoms with Gasteiger partial charge < -0.3 is 40.7 Å². The molecule has 1 aliphatic carbocycles. The van der Waals surface area contributed by atoms with Gasteiger partial charge >= 0.3 is 18.2 Å². The zero-order valence-electron chi connectivity index (χ0n) is 34.4. The van der Waals surface area contributed by atoms with Gasteiger partial charge in [-0.15, -0.1) is 0 Å². The van der Waals surface area contributed by atoms with Crippen molar-refractivity contribution in [3.8, 4) is 0 Å². The van der Waals surface area contributed by atoms with Crippen LogP contribution in [0.5, 0.6) is 0 Å². The summed E-state index contributed by atoms with van der Waals surface area (Å²) in [7, 11) is 0. The number of nitrogens with zero attached hydrogens (tertiary/aromatic N) is 1. The molecule has 1 saturated heterocycles. The number of hydrogen-bond donors (Lipinski definition) is 5. The summed E-state index contributed by atoms with van der Waals surface area (Å²) in [5, 5.41) is 20.9. The third-order valence-electron chi connectivity index (χ3n) is 9.89. The molecular weight excluding hydrogens is 743 g/mol. The molecule has 2 aromatic carbocycles. The predicted octanol–water partition coefficient (Wildman–Crippen LogP) is 5.71. The standard InChI is InChI=1S/C44H61N5O9/c1-29(2)26-34(46-43(56)58-44(3,4)5)23-22-33(27-30-14-8-6-9-15-30)40(52)49-25-13-19-36(49)48-39(51)37(32-20-21-32)38(50)47-35(41(53)54)18-12-24-45-42(55)57-28-31-16-10-7-11-17-31/h6-11,14-17,22-23,29,32-37H,12-13,18-21,24-28H2,1-5H3,(H,45,55)(H,46,56)(H,47,50)(H,48,51)(H,53,54)/b23-22+/t33-,34+,35-,36-,37-/m0/s1. The first-order valence-corrected chi connectivity index (χ1v) is 20.4. The molecule has 2 fully saturated rings. The number of carbonyl (C=O) groups excluding carboxylic acids is 5. The van der Waals surface area contributed by atoms with Gasteiger partial charge in [0.1, 0.15) is 30.3 Å². The highest BCUT2D eigenvalue weighted by Crippen LogP contribution is 2.37. The van der Waals surface area contributed by atoms with Crippen molar-refractivity contribution in [1.82, 2.24) is 26.2 Å². The maximum absolute atomic E-state index is 14.4. The average molecular weight is 804 g/mol. The summed E-state index contributed by atoms with van der Waals surface area (Å²) in [5.41, 5.74) is 1.10. The summed E-state index contributed by atoms with van der Waals surface area (Å²) in [6.07, 6.45) is 5.52. The molecule has 0 spiro atoms. The Hall–Kier alpha value is -5.40. The minimum absolute atomic E-state index is 0.0194. The lowest BCUT2D eigenvalue weighted by Crippen LogP contribution is -2.54. The molecule has 58 heavy (non-hydrogen) atoms. The summed E-state index contributed by atoms with van der Waals surface area (Å²) in [5.74, 6) is -4.43. The van der Waals surface area contributed by atoms with Crippen molar-refractivity contribution in [1.29, 1.82) is 0 Å². The van der Waals surface area contributed by atoms with Gasteiger partial charge in [0.15, 0.2) is 0 Å². The first kappa shape index (κ1) is 45.3. The number of aliphatic carboxylic acids is 1. The lowest BCUT2D eigenvalue weighted by Gasteiger charge is -2.30. The molecule has 0 aromatic heterocycles. The second kappa shape index (κ2) is 21.9. The first-order valence-electron chi connectivity index (χ1n) is 20.4. The lowest BCUT2D eigenvalue weighted by molar-refractivity contribution is -0.145. The van der Waals surface area contributed by atoms with Gasteiger partial charge in [-0.05, 0) is 95.1 Å². The van der Waals surface area contributed by atoms with Gasteiger partial charge in [-0.25, -0.2) is 14.4 Å². The van der Waals surface area contributed by atoms with Gasteiger partial charge in [0.25, 0.3) is 0 Å². The Morgan fingerprint density at radius 2 is 1.52 bits per heavy atom. The van der Waals surface area contributed by atoms with Gasteiger partial charge in [0.05, 0.1) is 12.0 Å². The molecule has 14 heteroatoms. The van der Waals surface area contributed by atoms with Crippen molar-refractivity contribution in [2.75, 3.05) is 13.1 Å². The predicted molar refractivity (Wildman–Crippen MR) is 218 cm³/mol. The fourth-order valence-corrected chi connectivity index (χ4v) is 6.94. The zero-order valence-corrected chi connectivity index (χ0v) is 34.4. The minimum atomic E-state index is -1.27. The van der Waals surface area contributed by atoms with Crippen LogP contribution in [-0.4, -0.2) is 82.8 Å². The second-order valence-electron chi connectivity index (χ2n) is 16.6. The van der Waals surface area contributed by atoms with Crippen molar-refractivity contribution < 1.29 is 43.3 Å². The maximum atomic E-state index is 14.4. The van der Waals surface area contributed by atoms with E-state index in [1.54, 1.807) is 25.7 Å². The molecule has 5 atom stereocenters. The van der Waals surface area contributed by atoms with Crippen molar-refractivity contribution in [3.05, 3.63) is 83.9 Å². The van der Waals surface area contributed by atoms with E-state index < -0.39 is 59.6 Å². The Kier molecular flexibility index (Phi) is 17.1. The lowest BCUT2D eigenvalue weighted by atomic mass is 9.95.